The van der Waals surface area contributed by atoms with Crippen molar-refractivity contribution in [1.82, 2.24) is 14.8 Å². The van der Waals surface area contributed by atoms with Crippen molar-refractivity contribution in [3.05, 3.63) is 15.6 Å². The molecule has 3 heterocycles. The number of aryl methyl sites for hydroxylation is 2. The first-order valence-electron chi connectivity index (χ1n) is 8.11. The molecule has 0 bridgehead atoms. The summed E-state index contributed by atoms with van der Waals surface area (Å²) in [5.74, 6) is 0.193. The van der Waals surface area contributed by atoms with Crippen molar-refractivity contribution in [2.75, 3.05) is 19.6 Å². The van der Waals surface area contributed by atoms with Gasteiger partial charge in [-0.1, -0.05) is 13.3 Å². The lowest BCUT2D eigenvalue weighted by Gasteiger charge is -2.49. The van der Waals surface area contributed by atoms with E-state index in [-0.39, 0.29) is 5.91 Å². The van der Waals surface area contributed by atoms with E-state index in [1.54, 1.807) is 11.3 Å². The summed E-state index contributed by atoms with van der Waals surface area (Å²) in [5.41, 5.74) is 0.970. The molecule has 0 aromatic carbocycles. The summed E-state index contributed by atoms with van der Waals surface area (Å²) in [6, 6.07) is 1.25. The summed E-state index contributed by atoms with van der Waals surface area (Å²) in [6.45, 7) is 9.36. The highest BCUT2D eigenvalue weighted by molar-refractivity contribution is 7.13. The lowest BCUT2D eigenvalue weighted by Crippen LogP contribution is -2.63. The van der Waals surface area contributed by atoms with Gasteiger partial charge in [0.1, 0.15) is 4.88 Å². The molecule has 2 aliphatic rings. The number of hydrogen-bond donors (Lipinski definition) is 0. The molecule has 1 aromatic heterocycles. The summed E-state index contributed by atoms with van der Waals surface area (Å²) in [6.07, 6.45) is 4.81. The number of amides is 1. The molecule has 4 nitrogen and oxygen atoms in total. The van der Waals surface area contributed by atoms with E-state index < -0.39 is 0 Å². The van der Waals surface area contributed by atoms with Gasteiger partial charge < -0.3 is 4.90 Å². The lowest BCUT2D eigenvalue weighted by molar-refractivity contribution is 0.00233. The Labute approximate surface area is 131 Å². The molecule has 3 rings (SSSR count). The van der Waals surface area contributed by atoms with Crippen LogP contribution in [0.25, 0.3) is 0 Å². The van der Waals surface area contributed by atoms with E-state index in [1.807, 2.05) is 11.8 Å². The topological polar surface area (TPSA) is 36.4 Å². The minimum absolute atomic E-state index is 0.193. The Bertz CT molecular complexity index is 522. The van der Waals surface area contributed by atoms with E-state index in [4.69, 9.17) is 0 Å². The Balaban J connectivity index is 1.61. The maximum atomic E-state index is 12.6. The normalized spacial score (nSPS) is 24.1. The quantitative estimate of drug-likeness (QED) is 0.861. The van der Waals surface area contributed by atoms with E-state index in [9.17, 15) is 4.79 Å². The highest BCUT2D eigenvalue weighted by Gasteiger charge is 2.38. The largest absolute Gasteiger partial charge is 0.335 e. The van der Waals surface area contributed by atoms with Crippen LogP contribution in [0.5, 0.6) is 0 Å². The second-order valence-corrected chi connectivity index (χ2v) is 7.51. The van der Waals surface area contributed by atoms with Crippen LogP contribution in [-0.4, -0.2) is 52.4 Å². The average Bonchev–Trinajstić information content (AvgIpc) is 2.80. The summed E-state index contributed by atoms with van der Waals surface area (Å²) >= 11 is 1.55. The predicted octanol–water partition coefficient (Wildman–Crippen LogP) is 2.71. The van der Waals surface area contributed by atoms with Crippen molar-refractivity contribution in [3.63, 3.8) is 0 Å². The predicted molar refractivity (Wildman–Crippen MR) is 85.9 cm³/mol. The zero-order chi connectivity index (χ0) is 15.0. The molecule has 0 unspecified atom stereocenters. The van der Waals surface area contributed by atoms with Crippen molar-refractivity contribution >= 4 is 17.2 Å². The third-order valence-corrected chi connectivity index (χ3v) is 5.81. The molecule has 0 saturated carbocycles. The SMILES string of the molecule is CCc1nc(C)sc1C(=O)N1CC(N2CCCC[C@@H]2C)C1. The fraction of sp³-hybridized carbons (Fsp3) is 0.750. The van der Waals surface area contributed by atoms with Gasteiger partial charge in [0.25, 0.3) is 5.91 Å². The molecule has 116 valence electrons. The molecule has 0 N–H and O–H groups in total. The molecule has 2 aliphatic heterocycles. The zero-order valence-corrected chi connectivity index (χ0v) is 14.1. The molecule has 0 radical (unpaired) electrons. The van der Waals surface area contributed by atoms with Crippen LogP contribution in [0.1, 0.15) is 53.5 Å². The van der Waals surface area contributed by atoms with Crippen molar-refractivity contribution in [3.8, 4) is 0 Å². The molecular weight excluding hydrogens is 282 g/mol. The van der Waals surface area contributed by atoms with Crippen LogP contribution in [0.3, 0.4) is 0 Å². The number of hydrogen-bond acceptors (Lipinski definition) is 4. The number of nitrogens with zero attached hydrogens (tertiary/aromatic N) is 3. The highest BCUT2D eigenvalue weighted by Crippen LogP contribution is 2.27. The Morgan fingerprint density at radius 1 is 1.38 bits per heavy atom. The van der Waals surface area contributed by atoms with Gasteiger partial charge in [-0.15, -0.1) is 11.3 Å². The maximum absolute atomic E-state index is 12.6. The van der Waals surface area contributed by atoms with E-state index in [0.29, 0.717) is 12.1 Å². The Morgan fingerprint density at radius 3 is 2.81 bits per heavy atom. The fourth-order valence-corrected chi connectivity index (χ4v) is 4.49. The average molecular weight is 307 g/mol. The smallest absolute Gasteiger partial charge is 0.265 e. The zero-order valence-electron chi connectivity index (χ0n) is 13.3. The third kappa shape index (κ3) is 2.86. The summed E-state index contributed by atoms with van der Waals surface area (Å²) < 4.78 is 0. The van der Waals surface area contributed by atoms with Gasteiger partial charge in [-0.05, 0) is 39.7 Å². The van der Waals surface area contributed by atoms with Gasteiger partial charge in [0.2, 0.25) is 0 Å². The summed E-state index contributed by atoms with van der Waals surface area (Å²) in [4.78, 5) is 22.5. The van der Waals surface area contributed by atoms with Crippen molar-refractivity contribution in [2.45, 2.75) is 58.5 Å². The Kier molecular flexibility index (Phi) is 4.31. The molecule has 1 atom stereocenters. The van der Waals surface area contributed by atoms with Crippen LogP contribution in [0, 0.1) is 6.92 Å². The van der Waals surface area contributed by atoms with Crippen molar-refractivity contribution in [2.24, 2.45) is 0 Å². The molecule has 0 spiro atoms. The first kappa shape index (κ1) is 15.0. The molecule has 5 heteroatoms. The number of carbonyl (C=O) groups is 1. The van der Waals surface area contributed by atoms with Crippen LogP contribution in [0.2, 0.25) is 0 Å². The highest BCUT2D eigenvalue weighted by atomic mass is 32.1. The molecule has 21 heavy (non-hydrogen) atoms. The summed E-state index contributed by atoms with van der Waals surface area (Å²) in [5, 5.41) is 0.997. The number of likely N-dealkylation sites (tertiary alicyclic amines) is 2. The monoisotopic (exact) mass is 307 g/mol. The van der Waals surface area contributed by atoms with E-state index in [0.717, 1.165) is 35.1 Å². The molecule has 0 aliphatic carbocycles. The van der Waals surface area contributed by atoms with Gasteiger partial charge in [0, 0.05) is 25.2 Å². The van der Waals surface area contributed by atoms with Crippen molar-refractivity contribution in [1.29, 1.82) is 0 Å². The number of rotatable bonds is 3. The van der Waals surface area contributed by atoms with Crippen LogP contribution in [-0.2, 0) is 6.42 Å². The van der Waals surface area contributed by atoms with Crippen LogP contribution >= 0.6 is 11.3 Å². The standard InChI is InChI=1S/C16H25N3OS/c1-4-14-15(21-12(3)17-14)16(20)18-9-13(10-18)19-8-6-5-7-11(19)2/h11,13H,4-10H2,1-3H3/t11-/m0/s1. The van der Waals surface area contributed by atoms with E-state index >= 15 is 0 Å². The van der Waals surface area contributed by atoms with Gasteiger partial charge >= 0.3 is 0 Å². The first-order valence-corrected chi connectivity index (χ1v) is 8.93. The second-order valence-electron chi connectivity index (χ2n) is 6.31. The van der Waals surface area contributed by atoms with Gasteiger partial charge in [0.15, 0.2) is 0 Å². The van der Waals surface area contributed by atoms with Gasteiger partial charge in [-0.2, -0.15) is 0 Å². The van der Waals surface area contributed by atoms with E-state index in [2.05, 4.69) is 23.7 Å². The minimum Gasteiger partial charge on any atom is -0.335 e. The molecule has 1 amide bonds. The minimum atomic E-state index is 0.193. The van der Waals surface area contributed by atoms with Gasteiger partial charge in [-0.25, -0.2) is 4.98 Å². The third-order valence-electron chi connectivity index (χ3n) is 4.81. The molecule has 1 aromatic rings. The van der Waals surface area contributed by atoms with Crippen LogP contribution in [0.4, 0.5) is 0 Å². The van der Waals surface area contributed by atoms with Crippen LogP contribution < -0.4 is 0 Å². The Morgan fingerprint density at radius 2 is 2.14 bits per heavy atom. The summed E-state index contributed by atoms with van der Waals surface area (Å²) in [7, 11) is 0. The van der Waals surface area contributed by atoms with Crippen molar-refractivity contribution < 1.29 is 4.79 Å². The van der Waals surface area contributed by atoms with Gasteiger partial charge in [-0.3, -0.25) is 9.69 Å². The molecule has 2 saturated heterocycles. The van der Waals surface area contributed by atoms with E-state index in [1.165, 1.54) is 25.8 Å². The van der Waals surface area contributed by atoms with Crippen LogP contribution in [0.15, 0.2) is 0 Å². The second kappa shape index (κ2) is 6.05. The number of carbonyl (C=O) groups excluding carboxylic acids is 1. The Hall–Kier alpha value is -0.940. The molecular formula is C16H25N3OS. The van der Waals surface area contributed by atoms with Gasteiger partial charge in [0.05, 0.1) is 10.7 Å². The number of aromatic nitrogens is 1. The number of piperidine rings is 1. The molecule has 2 fully saturated rings. The fourth-order valence-electron chi connectivity index (χ4n) is 3.51. The lowest BCUT2D eigenvalue weighted by atomic mass is 9.97. The number of thiazole rings is 1. The maximum Gasteiger partial charge on any atom is 0.265 e. The first-order chi connectivity index (χ1) is 10.1.